The van der Waals surface area contributed by atoms with Gasteiger partial charge in [-0.05, 0) is 30.3 Å². The molecule has 156 valence electrons. The zero-order valence-corrected chi connectivity index (χ0v) is 18.2. The number of benzene rings is 2. The second-order valence-corrected chi connectivity index (χ2v) is 9.40. The molecule has 0 atom stereocenters. The number of hydrogen-bond donors (Lipinski definition) is 0. The van der Waals surface area contributed by atoms with Crippen molar-refractivity contribution in [2.75, 3.05) is 33.3 Å². The zero-order chi connectivity index (χ0) is 21.3. The van der Waals surface area contributed by atoms with Crippen LogP contribution in [0.4, 0.5) is 4.39 Å². The summed E-state index contributed by atoms with van der Waals surface area (Å²) in [5.41, 5.74) is 0.280. The van der Waals surface area contributed by atoms with Crippen LogP contribution >= 0.6 is 34.8 Å². The second kappa shape index (κ2) is 8.65. The minimum atomic E-state index is -3.85. The molecule has 2 aromatic rings. The van der Waals surface area contributed by atoms with E-state index in [1.165, 1.54) is 28.4 Å². The third-order valence-corrected chi connectivity index (χ3v) is 7.25. The number of carbonyl (C=O) groups excluding carboxylic acids is 1. The standard InChI is InChI=1S/C18H16Cl3FN2O4S/c1-28-17-14(20)8-11(9-15(17)21)18(25)23-4-6-24(7-5-23)29(26,27)12-2-3-16(22)13(19)10-12/h2-3,8-10H,4-7H2,1H3. The van der Waals surface area contributed by atoms with E-state index in [2.05, 4.69) is 0 Å². The Labute approximate surface area is 182 Å². The van der Waals surface area contributed by atoms with Gasteiger partial charge in [0.1, 0.15) is 5.82 Å². The van der Waals surface area contributed by atoms with E-state index in [9.17, 15) is 17.6 Å². The molecule has 0 spiro atoms. The van der Waals surface area contributed by atoms with Crippen LogP contribution in [0.2, 0.25) is 15.1 Å². The summed E-state index contributed by atoms with van der Waals surface area (Å²) < 4.78 is 45.1. The van der Waals surface area contributed by atoms with Crippen LogP contribution in [0.15, 0.2) is 35.2 Å². The highest BCUT2D eigenvalue weighted by Gasteiger charge is 2.31. The number of halogens is 4. The van der Waals surface area contributed by atoms with Crippen LogP contribution in [0.5, 0.6) is 5.75 Å². The van der Waals surface area contributed by atoms with Gasteiger partial charge < -0.3 is 9.64 Å². The van der Waals surface area contributed by atoms with E-state index >= 15 is 0 Å². The lowest BCUT2D eigenvalue weighted by Crippen LogP contribution is -2.50. The Hall–Kier alpha value is -1.58. The third kappa shape index (κ3) is 4.46. The molecule has 3 rings (SSSR count). The first-order chi connectivity index (χ1) is 13.6. The van der Waals surface area contributed by atoms with Crippen LogP contribution in [0.3, 0.4) is 0 Å². The maximum absolute atomic E-state index is 13.3. The van der Waals surface area contributed by atoms with E-state index in [0.29, 0.717) is 0 Å². The Morgan fingerprint density at radius 2 is 1.59 bits per heavy atom. The van der Waals surface area contributed by atoms with Gasteiger partial charge in [0.2, 0.25) is 10.0 Å². The van der Waals surface area contributed by atoms with Crippen molar-refractivity contribution in [1.82, 2.24) is 9.21 Å². The summed E-state index contributed by atoms with van der Waals surface area (Å²) >= 11 is 17.9. The summed E-state index contributed by atoms with van der Waals surface area (Å²) in [5.74, 6) is -0.741. The normalized spacial score (nSPS) is 15.4. The molecule has 1 fully saturated rings. The van der Waals surface area contributed by atoms with E-state index in [0.717, 1.165) is 18.2 Å². The van der Waals surface area contributed by atoms with Crippen LogP contribution < -0.4 is 4.74 Å². The number of hydrogen-bond acceptors (Lipinski definition) is 4. The topological polar surface area (TPSA) is 66.9 Å². The molecule has 0 aliphatic carbocycles. The van der Waals surface area contributed by atoms with Gasteiger partial charge >= 0.3 is 0 Å². The second-order valence-electron chi connectivity index (χ2n) is 6.25. The molecule has 0 unspecified atom stereocenters. The summed E-state index contributed by atoms with van der Waals surface area (Å²) in [6.45, 7) is 0.518. The first kappa shape index (κ1) is 22.1. The van der Waals surface area contributed by atoms with Crippen LogP contribution in [0, 0.1) is 5.82 Å². The number of piperazine rings is 1. The quantitative estimate of drug-likeness (QED) is 0.663. The molecule has 1 aliphatic rings. The van der Waals surface area contributed by atoms with Crippen molar-refractivity contribution >= 4 is 50.7 Å². The lowest BCUT2D eigenvalue weighted by molar-refractivity contribution is 0.0698. The van der Waals surface area contributed by atoms with Crippen molar-refractivity contribution in [3.05, 3.63) is 56.8 Å². The molecule has 0 saturated carbocycles. The molecular weight excluding hydrogens is 466 g/mol. The predicted octanol–water partition coefficient (Wildman–Crippen LogP) is 3.94. The van der Waals surface area contributed by atoms with E-state index in [1.807, 2.05) is 0 Å². The number of ether oxygens (including phenoxy) is 1. The van der Waals surface area contributed by atoms with Gasteiger partial charge in [-0.15, -0.1) is 0 Å². The Kier molecular flexibility index (Phi) is 6.60. The molecule has 1 saturated heterocycles. The van der Waals surface area contributed by atoms with Gasteiger partial charge in [0, 0.05) is 31.7 Å². The highest BCUT2D eigenvalue weighted by molar-refractivity contribution is 7.89. The molecule has 0 N–H and O–H groups in total. The molecule has 1 heterocycles. The summed E-state index contributed by atoms with van der Waals surface area (Å²) in [4.78, 5) is 14.2. The first-order valence-electron chi connectivity index (χ1n) is 8.42. The molecule has 1 aliphatic heterocycles. The summed E-state index contributed by atoms with van der Waals surface area (Å²) in [6.07, 6.45) is 0. The van der Waals surface area contributed by atoms with E-state index in [4.69, 9.17) is 39.5 Å². The summed E-state index contributed by atoms with van der Waals surface area (Å²) in [5, 5.41) is 0.142. The van der Waals surface area contributed by atoms with E-state index in [1.54, 1.807) is 0 Å². The average Bonchev–Trinajstić information content (AvgIpc) is 2.69. The third-order valence-electron chi connectivity index (χ3n) is 4.50. The zero-order valence-electron chi connectivity index (χ0n) is 15.2. The molecule has 0 bridgehead atoms. The molecular formula is C18H16Cl3FN2O4S. The summed E-state index contributed by atoms with van der Waals surface area (Å²) in [6, 6.07) is 6.16. The first-order valence-corrected chi connectivity index (χ1v) is 11.0. The Balaban J connectivity index is 1.73. The van der Waals surface area contributed by atoms with Crippen molar-refractivity contribution in [2.24, 2.45) is 0 Å². The van der Waals surface area contributed by atoms with Crippen LogP contribution in [-0.4, -0.2) is 56.8 Å². The van der Waals surface area contributed by atoms with Gasteiger partial charge in [0.15, 0.2) is 5.75 Å². The van der Waals surface area contributed by atoms with Gasteiger partial charge in [-0.3, -0.25) is 4.79 Å². The molecule has 0 radical (unpaired) electrons. The molecule has 6 nitrogen and oxygen atoms in total. The Morgan fingerprint density at radius 1 is 1.00 bits per heavy atom. The fourth-order valence-corrected chi connectivity index (χ4v) is 5.31. The maximum atomic E-state index is 13.3. The van der Waals surface area contributed by atoms with Crippen LogP contribution in [0.1, 0.15) is 10.4 Å². The fourth-order valence-electron chi connectivity index (χ4n) is 2.98. The van der Waals surface area contributed by atoms with E-state index < -0.39 is 15.8 Å². The minimum Gasteiger partial charge on any atom is -0.494 e. The van der Waals surface area contributed by atoms with Gasteiger partial charge in [0.25, 0.3) is 5.91 Å². The number of nitrogens with zero attached hydrogens (tertiary/aromatic N) is 2. The number of amides is 1. The van der Waals surface area contributed by atoms with Crippen molar-refractivity contribution in [3.63, 3.8) is 0 Å². The van der Waals surface area contributed by atoms with Crippen molar-refractivity contribution in [3.8, 4) is 5.75 Å². The van der Waals surface area contributed by atoms with Crippen LogP contribution in [-0.2, 0) is 10.0 Å². The van der Waals surface area contributed by atoms with Gasteiger partial charge in [-0.25, -0.2) is 12.8 Å². The van der Waals surface area contributed by atoms with Crippen molar-refractivity contribution < 1.29 is 22.3 Å². The molecule has 11 heteroatoms. The number of carbonyl (C=O) groups is 1. The Morgan fingerprint density at radius 3 is 2.10 bits per heavy atom. The maximum Gasteiger partial charge on any atom is 0.254 e. The lowest BCUT2D eigenvalue weighted by Gasteiger charge is -2.34. The van der Waals surface area contributed by atoms with Crippen molar-refractivity contribution in [2.45, 2.75) is 4.90 Å². The minimum absolute atomic E-state index is 0.0840. The highest BCUT2D eigenvalue weighted by atomic mass is 35.5. The Bertz CT molecular complexity index is 1030. The molecule has 29 heavy (non-hydrogen) atoms. The van der Waals surface area contributed by atoms with Crippen LogP contribution in [0.25, 0.3) is 0 Å². The molecule has 0 aromatic heterocycles. The number of methoxy groups -OCH3 is 1. The molecule has 2 aromatic carbocycles. The fraction of sp³-hybridized carbons (Fsp3) is 0.278. The highest BCUT2D eigenvalue weighted by Crippen LogP contribution is 2.34. The number of rotatable bonds is 4. The van der Waals surface area contributed by atoms with E-state index in [-0.39, 0.29) is 63.4 Å². The van der Waals surface area contributed by atoms with Gasteiger partial charge in [-0.2, -0.15) is 4.31 Å². The number of sulfonamides is 1. The lowest BCUT2D eigenvalue weighted by atomic mass is 10.1. The smallest absolute Gasteiger partial charge is 0.254 e. The molecule has 1 amide bonds. The predicted molar refractivity (Wildman–Crippen MR) is 109 cm³/mol. The largest absolute Gasteiger partial charge is 0.494 e. The van der Waals surface area contributed by atoms with Crippen molar-refractivity contribution in [1.29, 1.82) is 0 Å². The monoisotopic (exact) mass is 480 g/mol. The van der Waals surface area contributed by atoms with Gasteiger partial charge in [-0.1, -0.05) is 34.8 Å². The SMILES string of the molecule is COc1c(Cl)cc(C(=O)N2CCN(S(=O)(=O)c3ccc(F)c(Cl)c3)CC2)cc1Cl. The summed E-state index contributed by atoms with van der Waals surface area (Å²) in [7, 11) is -2.43. The van der Waals surface area contributed by atoms with Gasteiger partial charge in [0.05, 0.1) is 27.1 Å². The average molecular weight is 482 g/mol.